The Balaban J connectivity index is 2.32. The van der Waals surface area contributed by atoms with Crippen molar-refractivity contribution >= 4 is 41.8 Å². The molecular weight excluding hydrogens is 356 g/mol. The summed E-state index contributed by atoms with van der Waals surface area (Å²) in [6, 6.07) is 11.3. The van der Waals surface area contributed by atoms with Crippen molar-refractivity contribution in [1.82, 2.24) is 0 Å². The number of hydrogen-bond donors (Lipinski definition) is 1. The molecule has 0 amide bonds. The van der Waals surface area contributed by atoms with Gasteiger partial charge in [0.1, 0.15) is 0 Å². The molecular formula is C19H24BCl2NO2. The van der Waals surface area contributed by atoms with Crippen molar-refractivity contribution in [3.8, 4) is 11.1 Å². The molecule has 2 aromatic rings. The predicted octanol–water partition coefficient (Wildman–Crippen LogP) is 4.44. The summed E-state index contributed by atoms with van der Waals surface area (Å²) < 4.78 is 11.7. The molecule has 0 aliphatic rings. The third-order valence-electron chi connectivity index (χ3n) is 4.95. The molecule has 2 aromatic carbocycles. The van der Waals surface area contributed by atoms with Gasteiger partial charge in [-0.1, -0.05) is 53.5 Å². The second-order valence-corrected chi connectivity index (χ2v) is 7.76. The minimum Gasteiger partial charge on any atom is -0.427 e. The fourth-order valence-electron chi connectivity index (χ4n) is 2.33. The molecule has 6 heteroatoms. The Morgan fingerprint density at radius 2 is 1.44 bits per heavy atom. The summed E-state index contributed by atoms with van der Waals surface area (Å²) in [7, 11) is 2.05. The van der Waals surface area contributed by atoms with Gasteiger partial charge in [0.2, 0.25) is 0 Å². The lowest BCUT2D eigenvalue weighted by molar-refractivity contribution is -0.114. The van der Waals surface area contributed by atoms with Gasteiger partial charge in [-0.25, -0.2) is 0 Å². The molecule has 0 aromatic heterocycles. The quantitative estimate of drug-likeness (QED) is 0.596. The SMILES string of the molecule is COC(C)(C)C(C)(C)OBc1cccc(-c2cccc(N)c2Cl)c1Cl. The van der Waals surface area contributed by atoms with Gasteiger partial charge in [-0.3, -0.25) is 0 Å². The third kappa shape index (κ3) is 4.14. The first-order valence-corrected chi connectivity index (χ1v) is 8.87. The Hall–Kier alpha value is -1.20. The average molecular weight is 380 g/mol. The molecule has 0 aliphatic carbocycles. The van der Waals surface area contributed by atoms with E-state index in [1.165, 1.54) is 0 Å². The molecule has 25 heavy (non-hydrogen) atoms. The Labute approximate surface area is 160 Å². The molecule has 0 spiro atoms. The Morgan fingerprint density at radius 1 is 0.880 bits per heavy atom. The van der Waals surface area contributed by atoms with Crippen molar-refractivity contribution in [1.29, 1.82) is 0 Å². The summed E-state index contributed by atoms with van der Waals surface area (Å²) in [5.74, 6) is 0. The first-order chi connectivity index (χ1) is 11.6. The largest absolute Gasteiger partial charge is 0.427 e. The van der Waals surface area contributed by atoms with Gasteiger partial charge in [0.05, 0.1) is 21.9 Å². The van der Waals surface area contributed by atoms with Crippen LogP contribution in [0.3, 0.4) is 0 Å². The van der Waals surface area contributed by atoms with Crippen molar-refractivity contribution in [2.24, 2.45) is 0 Å². The smallest absolute Gasteiger partial charge is 0.310 e. The lowest BCUT2D eigenvalue weighted by Crippen LogP contribution is -2.50. The number of nitrogens with two attached hydrogens (primary N) is 1. The summed E-state index contributed by atoms with van der Waals surface area (Å²) in [5, 5.41) is 1.12. The number of benzene rings is 2. The van der Waals surface area contributed by atoms with Gasteiger partial charge >= 0.3 is 7.48 Å². The normalized spacial score (nSPS) is 12.3. The van der Waals surface area contributed by atoms with Crippen LogP contribution < -0.4 is 11.2 Å². The summed E-state index contributed by atoms with van der Waals surface area (Å²) in [6.07, 6.45) is 0. The Morgan fingerprint density at radius 3 is 2.04 bits per heavy atom. The number of nitrogen functional groups attached to an aromatic ring is 1. The van der Waals surface area contributed by atoms with Crippen molar-refractivity contribution in [2.45, 2.75) is 38.9 Å². The highest BCUT2D eigenvalue weighted by Gasteiger charge is 2.38. The van der Waals surface area contributed by atoms with Crippen LogP contribution >= 0.6 is 23.2 Å². The van der Waals surface area contributed by atoms with Crippen LogP contribution in [0.15, 0.2) is 36.4 Å². The summed E-state index contributed by atoms with van der Waals surface area (Å²) in [4.78, 5) is 0. The second-order valence-electron chi connectivity index (χ2n) is 7.00. The lowest BCUT2D eigenvalue weighted by Gasteiger charge is -2.40. The number of methoxy groups -OCH3 is 1. The zero-order valence-corrected chi connectivity index (χ0v) is 16.8. The standard InChI is InChI=1S/C19H24BCl2NO2/c1-18(2,24-5)19(3,4)25-20-14-10-6-8-12(16(14)21)13-9-7-11-15(23)17(13)22/h6-11,20H,23H2,1-5H3. The van der Waals surface area contributed by atoms with Crippen LogP contribution in [-0.2, 0) is 9.39 Å². The van der Waals surface area contributed by atoms with E-state index in [4.69, 9.17) is 38.3 Å². The van der Waals surface area contributed by atoms with Crippen LogP contribution in [0.1, 0.15) is 27.7 Å². The molecule has 134 valence electrons. The van der Waals surface area contributed by atoms with Crippen LogP contribution in [0.5, 0.6) is 0 Å². The van der Waals surface area contributed by atoms with Crippen LogP contribution in [0.2, 0.25) is 10.0 Å². The first kappa shape index (κ1) is 20.1. The predicted molar refractivity (Wildman–Crippen MR) is 109 cm³/mol. The lowest BCUT2D eigenvalue weighted by atomic mass is 9.81. The summed E-state index contributed by atoms with van der Waals surface area (Å²) in [6.45, 7) is 8.00. The van der Waals surface area contributed by atoms with Crippen molar-refractivity contribution in [2.75, 3.05) is 12.8 Å². The van der Waals surface area contributed by atoms with Gasteiger partial charge in [0, 0.05) is 23.3 Å². The van der Waals surface area contributed by atoms with Gasteiger partial charge in [-0.2, -0.15) is 0 Å². The van der Waals surface area contributed by atoms with Gasteiger partial charge in [-0.05, 0) is 39.2 Å². The van der Waals surface area contributed by atoms with E-state index in [0.29, 0.717) is 23.2 Å². The first-order valence-electron chi connectivity index (χ1n) is 8.11. The molecule has 0 heterocycles. The maximum absolute atomic E-state index is 6.63. The fourth-order valence-corrected chi connectivity index (χ4v) is 2.85. The fraction of sp³-hybridized carbons (Fsp3) is 0.368. The van der Waals surface area contributed by atoms with Gasteiger partial charge < -0.3 is 15.1 Å². The van der Waals surface area contributed by atoms with E-state index in [0.717, 1.165) is 16.6 Å². The van der Waals surface area contributed by atoms with Gasteiger partial charge in [0.15, 0.2) is 0 Å². The molecule has 2 rings (SSSR count). The van der Waals surface area contributed by atoms with Crippen molar-refractivity contribution in [3.05, 3.63) is 46.4 Å². The van der Waals surface area contributed by atoms with E-state index in [9.17, 15) is 0 Å². The molecule has 3 nitrogen and oxygen atoms in total. The highest BCUT2D eigenvalue weighted by molar-refractivity contribution is 6.54. The monoisotopic (exact) mass is 379 g/mol. The maximum Gasteiger partial charge on any atom is 0.310 e. The number of ether oxygens (including phenoxy) is 1. The molecule has 0 unspecified atom stereocenters. The zero-order valence-electron chi connectivity index (χ0n) is 15.3. The molecule has 0 atom stereocenters. The molecule has 0 saturated carbocycles. The van der Waals surface area contributed by atoms with E-state index in [2.05, 4.69) is 0 Å². The van der Waals surface area contributed by atoms with Crippen LogP contribution in [0.25, 0.3) is 11.1 Å². The van der Waals surface area contributed by atoms with Crippen LogP contribution in [0, 0.1) is 0 Å². The number of halogens is 2. The third-order valence-corrected chi connectivity index (χ3v) is 5.81. The molecule has 0 fully saturated rings. The molecule has 2 N–H and O–H groups in total. The number of rotatable bonds is 6. The summed E-state index contributed by atoms with van der Waals surface area (Å²) >= 11 is 13.0. The zero-order chi connectivity index (χ0) is 18.8. The maximum atomic E-state index is 6.63. The van der Waals surface area contributed by atoms with Crippen LogP contribution in [0.4, 0.5) is 5.69 Å². The molecule has 0 bridgehead atoms. The van der Waals surface area contributed by atoms with Crippen LogP contribution in [-0.4, -0.2) is 25.8 Å². The van der Waals surface area contributed by atoms with E-state index in [-0.39, 0.29) is 0 Å². The van der Waals surface area contributed by atoms with Crippen molar-refractivity contribution < 1.29 is 9.39 Å². The summed E-state index contributed by atoms with van der Waals surface area (Å²) in [5.41, 5.74) is 8.05. The van der Waals surface area contributed by atoms with E-state index >= 15 is 0 Å². The van der Waals surface area contributed by atoms with Crippen molar-refractivity contribution in [3.63, 3.8) is 0 Å². The van der Waals surface area contributed by atoms with Gasteiger partial charge in [-0.15, -0.1) is 0 Å². The number of hydrogen-bond acceptors (Lipinski definition) is 3. The minimum absolute atomic E-state index is 0.367. The highest BCUT2D eigenvalue weighted by atomic mass is 35.5. The van der Waals surface area contributed by atoms with Gasteiger partial charge in [0.25, 0.3) is 0 Å². The van der Waals surface area contributed by atoms with E-state index in [1.54, 1.807) is 13.2 Å². The Kier molecular flexibility index (Phi) is 6.11. The second kappa shape index (κ2) is 7.59. The average Bonchev–Trinajstić information content (AvgIpc) is 2.56. The number of anilines is 1. The van der Waals surface area contributed by atoms with E-state index < -0.39 is 11.2 Å². The Bertz CT molecular complexity index is 763. The highest BCUT2D eigenvalue weighted by Crippen LogP contribution is 2.35. The minimum atomic E-state index is -0.490. The molecule has 0 aliphatic heterocycles. The topological polar surface area (TPSA) is 44.5 Å². The van der Waals surface area contributed by atoms with E-state index in [1.807, 2.05) is 58.0 Å². The molecule has 0 radical (unpaired) electrons. The molecule has 0 saturated heterocycles.